The largest absolute Gasteiger partial charge is 0.416 e. The Morgan fingerprint density at radius 3 is 1.96 bits per heavy atom. The van der Waals surface area contributed by atoms with Crippen LogP contribution in [0.4, 0.5) is 13.2 Å². The van der Waals surface area contributed by atoms with Gasteiger partial charge in [0.2, 0.25) is 0 Å². The molecular weight excluding hydrogens is 355 g/mol. The summed E-state index contributed by atoms with van der Waals surface area (Å²) in [6.07, 6.45) is -4.54. The third-order valence-corrected chi connectivity index (χ3v) is 4.42. The first-order chi connectivity index (χ1) is 10.6. The van der Waals surface area contributed by atoms with Gasteiger partial charge < -0.3 is 0 Å². The Bertz CT molecular complexity index is 816. The van der Waals surface area contributed by atoms with Crippen molar-refractivity contribution in [1.82, 2.24) is 4.72 Å². The minimum absolute atomic E-state index is 0.192. The number of carbonyl (C=O) groups excluding carboxylic acids is 1. The van der Waals surface area contributed by atoms with Crippen molar-refractivity contribution in [1.29, 1.82) is 0 Å². The standard InChI is InChI=1S/C14H9ClF3NO3S/c15-11-5-7-12(8-6-11)23(21,22)19-13(20)9-1-3-10(4-2-9)14(16,17)18/h1-8H,(H,19,20). The van der Waals surface area contributed by atoms with Crippen LogP contribution in [0.2, 0.25) is 5.02 Å². The smallest absolute Gasteiger partial charge is 0.268 e. The average Bonchev–Trinajstić information content (AvgIpc) is 2.46. The summed E-state index contributed by atoms with van der Waals surface area (Å²) in [5.74, 6) is -1.03. The molecule has 2 aromatic rings. The molecule has 0 bridgehead atoms. The van der Waals surface area contributed by atoms with Crippen LogP contribution in [-0.4, -0.2) is 14.3 Å². The lowest BCUT2D eigenvalue weighted by Crippen LogP contribution is -2.30. The van der Waals surface area contributed by atoms with Crippen LogP contribution in [-0.2, 0) is 16.2 Å². The van der Waals surface area contributed by atoms with E-state index in [9.17, 15) is 26.4 Å². The van der Waals surface area contributed by atoms with Crippen molar-refractivity contribution in [2.24, 2.45) is 0 Å². The second-order valence-electron chi connectivity index (χ2n) is 4.46. The molecule has 2 rings (SSSR count). The van der Waals surface area contributed by atoms with Gasteiger partial charge in [0.05, 0.1) is 10.5 Å². The highest BCUT2D eigenvalue weighted by Crippen LogP contribution is 2.29. The summed E-state index contributed by atoms with van der Waals surface area (Å²) in [6, 6.07) is 8.26. The number of hydrogen-bond donors (Lipinski definition) is 1. The highest BCUT2D eigenvalue weighted by Gasteiger charge is 2.30. The number of carbonyl (C=O) groups is 1. The summed E-state index contributed by atoms with van der Waals surface area (Å²) in [7, 11) is -4.14. The van der Waals surface area contributed by atoms with E-state index < -0.39 is 27.7 Å². The molecule has 0 fully saturated rings. The Morgan fingerprint density at radius 1 is 0.957 bits per heavy atom. The molecule has 1 amide bonds. The summed E-state index contributed by atoms with van der Waals surface area (Å²) in [6.45, 7) is 0. The van der Waals surface area contributed by atoms with Crippen LogP contribution in [0.15, 0.2) is 53.4 Å². The van der Waals surface area contributed by atoms with E-state index >= 15 is 0 Å². The van der Waals surface area contributed by atoms with E-state index in [1.54, 1.807) is 4.72 Å². The zero-order chi connectivity index (χ0) is 17.3. The molecule has 122 valence electrons. The Hall–Kier alpha value is -2.06. The number of hydrogen-bond acceptors (Lipinski definition) is 3. The maximum absolute atomic E-state index is 12.4. The fourth-order valence-corrected chi connectivity index (χ4v) is 2.76. The molecule has 1 N–H and O–H groups in total. The van der Waals surface area contributed by atoms with Crippen molar-refractivity contribution in [2.45, 2.75) is 11.1 Å². The molecule has 0 radical (unpaired) electrons. The lowest BCUT2D eigenvalue weighted by molar-refractivity contribution is -0.137. The minimum atomic E-state index is -4.54. The molecule has 0 atom stereocenters. The fraction of sp³-hybridized carbons (Fsp3) is 0.0714. The summed E-state index contributed by atoms with van der Waals surface area (Å²) in [5, 5.41) is 0.318. The van der Waals surface area contributed by atoms with Gasteiger partial charge in [0.15, 0.2) is 0 Å². The Kier molecular flexibility index (Phi) is 4.67. The summed E-state index contributed by atoms with van der Waals surface area (Å²) in [4.78, 5) is 11.7. The molecule has 0 saturated heterocycles. The summed E-state index contributed by atoms with van der Waals surface area (Å²) in [5.41, 5.74) is -1.15. The van der Waals surface area contributed by atoms with E-state index in [0.717, 1.165) is 12.1 Å². The van der Waals surface area contributed by atoms with E-state index in [1.807, 2.05) is 0 Å². The highest BCUT2D eigenvalue weighted by atomic mass is 35.5. The van der Waals surface area contributed by atoms with Gasteiger partial charge >= 0.3 is 6.18 Å². The quantitative estimate of drug-likeness (QED) is 0.908. The number of benzene rings is 2. The van der Waals surface area contributed by atoms with Crippen molar-refractivity contribution in [3.8, 4) is 0 Å². The van der Waals surface area contributed by atoms with Crippen LogP contribution in [0, 0.1) is 0 Å². The number of nitrogens with one attached hydrogen (secondary N) is 1. The first kappa shape index (κ1) is 17.3. The van der Waals surface area contributed by atoms with Crippen LogP contribution >= 0.6 is 11.6 Å². The van der Waals surface area contributed by atoms with E-state index in [-0.39, 0.29) is 10.5 Å². The molecule has 0 aliphatic rings. The van der Waals surface area contributed by atoms with Crippen LogP contribution in [0.1, 0.15) is 15.9 Å². The molecule has 4 nitrogen and oxygen atoms in total. The Labute approximate surface area is 134 Å². The van der Waals surface area contributed by atoms with Gasteiger partial charge in [-0.3, -0.25) is 4.79 Å². The second-order valence-corrected chi connectivity index (χ2v) is 6.58. The van der Waals surface area contributed by atoms with Gasteiger partial charge in [0.25, 0.3) is 15.9 Å². The van der Waals surface area contributed by atoms with E-state index in [1.165, 1.54) is 24.3 Å². The van der Waals surface area contributed by atoms with Crippen molar-refractivity contribution in [3.05, 3.63) is 64.7 Å². The van der Waals surface area contributed by atoms with Gasteiger partial charge in [-0.2, -0.15) is 13.2 Å². The van der Waals surface area contributed by atoms with Crippen LogP contribution < -0.4 is 4.72 Å². The summed E-state index contributed by atoms with van der Waals surface area (Å²) >= 11 is 5.64. The Morgan fingerprint density at radius 2 is 1.48 bits per heavy atom. The zero-order valence-corrected chi connectivity index (χ0v) is 12.8. The molecule has 2 aromatic carbocycles. The van der Waals surface area contributed by atoms with E-state index in [0.29, 0.717) is 17.2 Å². The van der Waals surface area contributed by atoms with Gasteiger partial charge in [-0.15, -0.1) is 0 Å². The number of alkyl halides is 3. The van der Waals surface area contributed by atoms with Crippen molar-refractivity contribution >= 4 is 27.5 Å². The number of amides is 1. The lowest BCUT2D eigenvalue weighted by atomic mass is 10.1. The number of rotatable bonds is 3. The number of sulfonamides is 1. The molecule has 0 unspecified atom stereocenters. The number of halogens is 4. The average molecular weight is 364 g/mol. The van der Waals surface area contributed by atoms with Gasteiger partial charge in [-0.25, -0.2) is 13.1 Å². The molecule has 0 aliphatic carbocycles. The lowest BCUT2D eigenvalue weighted by Gasteiger charge is -2.09. The first-order valence-electron chi connectivity index (χ1n) is 6.09. The fourth-order valence-electron chi connectivity index (χ4n) is 1.66. The van der Waals surface area contributed by atoms with Crippen LogP contribution in [0.5, 0.6) is 0 Å². The topological polar surface area (TPSA) is 63.2 Å². The van der Waals surface area contributed by atoms with E-state index in [2.05, 4.69) is 0 Å². The van der Waals surface area contributed by atoms with Crippen molar-refractivity contribution < 1.29 is 26.4 Å². The molecule has 0 aliphatic heterocycles. The zero-order valence-electron chi connectivity index (χ0n) is 11.3. The van der Waals surface area contributed by atoms with Gasteiger partial charge in [0.1, 0.15) is 0 Å². The van der Waals surface area contributed by atoms with Crippen molar-refractivity contribution in [2.75, 3.05) is 0 Å². The molecule has 0 aromatic heterocycles. The van der Waals surface area contributed by atoms with Gasteiger partial charge in [-0.05, 0) is 48.5 Å². The third kappa shape index (κ3) is 4.23. The van der Waals surface area contributed by atoms with Crippen molar-refractivity contribution in [3.63, 3.8) is 0 Å². The predicted octanol–water partition coefficient (Wildman–Crippen LogP) is 3.48. The first-order valence-corrected chi connectivity index (χ1v) is 7.96. The SMILES string of the molecule is O=C(NS(=O)(=O)c1ccc(Cl)cc1)c1ccc(C(F)(F)F)cc1. The van der Waals surface area contributed by atoms with Crippen LogP contribution in [0.25, 0.3) is 0 Å². The van der Waals surface area contributed by atoms with Gasteiger partial charge in [0, 0.05) is 10.6 Å². The maximum Gasteiger partial charge on any atom is 0.416 e. The molecule has 23 heavy (non-hydrogen) atoms. The molecular formula is C14H9ClF3NO3S. The Balaban J connectivity index is 2.19. The maximum atomic E-state index is 12.4. The van der Waals surface area contributed by atoms with E-state index in [4.69, 9.17) is 11.6 Å². The molecule has 9 heteroatoms. The van der Waals surface area contributed by atoms with Gasteiger partial charge in [-0.1, -0.05) is 11.6 Å². The normalized spacial score (nSPS) is 12.0. The molecule has 0 spiro atoms. The highest BCUT2D eigenvalue weighted by molar-refractivity contribution is 7.90. The molecule has 0 heterocycles. The summed E-state index contributed by atoms with van der Waals surface area (Å²) < 4.78 is 63.1. The molecule has 0 saturated carbocycles. The van der Waals surface area contributed by atoms with Crippen LogP contribution in [0.3, 0.4) is 0 Å². The predicted molar refractivity (Wildman–Crippen MR) is 77.5 cm³/mol. The minimum Gasteiger partial charge on any atom is -0.268 e. The second kappa shape index (κ2) is 6.21. The monoisotopic (exact) mass is 363 g/mol. The third-order valence-electron chi connectivity index (χ3n) is 2.83.